The molecule has 1 aromatic carbocycles. The van der Waals surface area contributed by atoms with Crippen molar-refractivity contribution in [3.63, 3.8) is 0 Å². The van der Waals surface area contributed by atoms with Crippen LogP contribution in [0, 0.1) is 0 Å². The van der Waals surface area contributed by atoms with Crippen molar-refractivity contribution in [2.45, 2.75) is 24.8 Å². The fourth-order valence-corrected chi connectivity index (χ4v) is 2.88. The van der Waals surface area contributed by atoms with E-state index in [2.05, 4.69) is 20.7 Å². The molecule has 0 radical (unpaired) electrons. The Hall–Kier alpha value is -0.590. The van der Waals surface area contributed by atoms with Crippen LogP contribution in [0.25, 0.3) is 0 Å². The average molecular weight is 293 g/mol. The zero-order chi connectivity index (χ0) is 11.6. The van der Waals surface area contributed by atoms with Crippen LogP contribution in [0.5, 0.6) is 0 Å². The molecule has 3 N–H and O–H groups in total. The quantitative estimate of drug-likeness (QED) is 0.833. The summed E-state index contributed by atoms with van der Waals surface area (Å²) in [7, 11) is -3.50. The lowest BCUT2D eigenvalue weighted by atomic mass is 10.3. The van der Waals surface area contributed by atoms with Gasteiger partial charge in [0, 0.05) is 10.5 Å². The van der Waals surface area contributed by atoms with Crippen molar-refractivity contribution >= 4 is 31.6 Å². The van der Waals surface area contributed by atoms with Crippen molar-refractivity contribution in [2.24, 2.45) is 0 Å². The van der Waals surface area contributed by atoms with Gasteiger partial charge in [-0.1, -0.05) is 15.9 Å². The first-order chi connectivity index (χ1) is 6.83. The predicted molar refractivity (Wildman–Crippen MR) is 64.0 cm³/mol. The molecule has 1 rings (SSSR count). The van der Waals surface area contributed by atoms with Crippen LogP contribution in [0.3, 0.4) is 0 Å². The zero-order valence-electron chi connectivity index (χ0n) is 8.49. The van der Waals surface area contributed by atoms with Gasteiger partial charge in [-0.25, -0.2) is 13.1 Å². The first-order valence-electron chi connectivity index (χ1n) is 4.40. The molecule has 0 spiro atoms. The van der Waals surface area contributed by atoms with Crippen LogP contribution in [-0.2, 0) is 10.0 Å². The maximum atomic E-state index is 11.8. The van der Waals surface area contributed by atoms with Crippen LogP contribution < -0.4 is 10.5 Å². The van der Waals surface area contributed by atoms with Gasteiger partial charge < -0.3 is 5.73 Å². The van der Waals surface area contributed by atoms with Crippen molar-refractivity contribution in [2.75, 3.05) is 5.73 Å². The number of anilines is 1. The van der Waals surface area contributed by atoms with Gasteiger partial charge in [0.2, 0.25) is 10.0 Å². The molecule has 6 heteroatoms. The summed E-state index contributed by atoms with van der Waals surface area (Å²) in [6.07, 6.45) is 0. The van der Waals surface area contributed by atoms with E-state index < -0.39 is 10.0 Å². The Labute approximate surface area is 98.0 Å². The fraction of sp³-hybridized carbons (Fsp3) is 0.333. The van der Waals surface area contributed by atoms with Gasteiger partial charge in [-0.2, -0.15) is 0 Å². The monoisotopic (exact) mass is 292 g/mol. The third-order valence-corrected chi connectivity index (χ3v) is 3.88. The van der Waals surface area contributed by atoms with Gasteiger partial charge in [-0.15, -0.1) is 0 Å². The lowest BCUT2D eigenvalue weighted by molar-refractivity contribution is 0.570. The Bertz CT molecular complexity index is 457. The molecule has 0 aliphatic heterocycles. The number of hydrogen-bond acceptors (Lipinski definition) is 3. The number of nitrogen functional groups attached to an aromatic ring is 1. The number of benzene rings is 1. The molecule has 0 saturated heterocycles. The van der Waals surface area contributed by atoms with Crippen LogP contribution in [-0.4, -0.2) is 14.5 Å². The summed E-state index contributed by atoms with van der Waals surface area (Å²) in [4.78, 5) is 0.111. The van der Waals surface area contributed by atoms with Gasteiger partial charge in [0.15, 0.2) is 0 Å². The molecule has 0 fully saturated rings. The summed E-state index contributed by atoms with van der Waals surface area (Å²) in [6.45, 7) is 3.51. The summed E-state index contributed by atoms with van der Waals surface area (Å²) in [5.74, 6) is 0. The van der Waals surface area contributed by atoms with E-state index in [1.807, 2.05) is 0 Å². The Morgan fingerprint density at radius 3 is 2.47 bits per heavy atom. The zero-order valence-corrected chi connectivity index (χ0v) is 10.9. The first kappa shape index (κ1) is 12.5. The third kappa shape index (κ3) is 3.19. The van der Waals surface area contributed by atoms with Crippen molar-refractivity contribution in [1.82, 2.24) is 4.72 Å². The second-order valence-corrected chi connectivity index (χ2v) is 6.06. The van der Waals surface area contributed by atoms with E-state index >= 15 is 0 Å². The Morgan fingerprint density at radius 2 is 2.00 bits per heavy atom. The minimum Gasteiger partial charge on any atom is -0.398 e. The highest BCUT2D eigenvalue weighted by Gasteiger charge is 2.18. The molecule has 0 bridgehead atoms. The molecule has 0 aromatic heterocycles. The summed E-state index contributed by atoms with van der Waals surface area (Å²) >= 11 is 3.22. The highest BCUT2D eigenvalue weighted by atomic mass is 79.9. The second kappa shape index (κ2) is 4.51. The maximum absolute atomic E-state index is 11.8. The fourth-order valence-electron chi connectivity index (χ4n) is 1.14. The largest absolute Gasteiger partial charge is 0.398 e. The summed E-state index contributed by atoms with van der Waals surface area (Å²) in [5, 5.41) is 0. The number of nitrogens with two attached hydrogens (primary N) is 1. The molecule has 0 aliphatic carbocycles. The third-order valence-electron chi connectivity index (χ3n) is 1.65. The number of rotatable bonds is 3. The first-order valence-corrected chi connectivity index (χ1v) is 6.68. The van der Waals surface area contributed by atoms with E-state index in [1.54, 1.807) is 26.0 Å². The molecule has 84 valence electrons. The molecule has 4 nitrogen and oxygen atoms in total. The van der Waals surface area contributed by atoms with E-state index in [-0.39, 0.29) is 16.6 Å². The van der Waals surface area contributed by atoms with E-state index in [1.165, 1.54) is 6.07 Å². The van der Waals surface area contributed by atoms with Crippen LogP contribution in [0.1, 0.15) is 13.8 Å². The van der Waals surface area contributed by atoms with Crippen LogP contribution in [0.4, 0.5) is 5.69 Å². The van der Waals surface area contributed by atoms with E-state index in [4.69, 9.17) is 5.73 Å². The maximum Gasteiger partial charge on any atom is 0.242 e. The van der Waals surface area contributed by atoms with Crippen LogP contribution in [0.2, 0.25) is 0 Å². The molecule has 0 heterocycles. The Balaban J connectivity index is 3.16. The van der Waals surface area contributed by atoms with Gasteiger partial charge in [-0.3, -0.25) is 0 Å². The van der Waals surface area contributed by atoms with Crippen molar-refractivity contribution in [1.29, 1.82) is 0 Å². The molecular formula is C9H13BrN2O2S. The predicted octanol–water partition coefficient (Wildman–Crippen LogP) is 1.72. The minimum absolute atomic E-state index is 0.111. The normalized spacial score (nSPS) is 12.0. The van der Waals surface area contributed by atoms with Crippen molar-refractivity contribution < 1.29 is 8.42 Å². The highest BCUT2D eigenvalue weighted by molar-refractivity contribution is 9.10. The number of sulfonamides is 1. The highest BCUT2D eigenvalue weighted by Crippen LogP contribution is 2.22. The Kier molecular flexibility index (Phi) is 3.75. The van der Waals surface area contributed by atoms with Crippen LogP contribution >= 0.6 is 15.9 Å². The summed E-state index contributed by atoms with van der Waals surface area (Å²) < 4.78 is 26.8. The van der Waals surface area contributed by atoms with Crippen molar-refractivity contribution in [3.05, 3.63) is 22.7 Å². The number of halogens is 1. The molecule has 15 heavy (non-hydrogen) atoms. The Morgan fingerprint density at radius 1 is 1.40 bits per heavy atom. The second-order valence-electron chi connectivity index (χ2n) is 3.46. The molecule has 0 unspecified atom stereocenters. The number of hydrogen-bond donors (Lipinski definition) is 2. The summed E-state index contributed by atoms with van der Waals surface area (Å²) in [6, 6.07) is 4.53. The topological polar surface area (TPSA) is 72.2 Å². The molecule has 0 saturated carbocycles. The van der Waals surface area contributed by atoms with Gasteiger partial charge in [0.25, 0.3) is 0 Å². The van der Waals surface area contributed by atoms with Gasteiger partial charge >= 0.3 is 0 Å². The standard InChI is InChI=1S/C9H13BrN2O2S/c1-6(2)12-15(13,14)9-4-3-7(10)5-8(9)11/h3-6,12H,11H2,1-2H3. The molecule has 0 aliphatic rings. The van der Waals surface area contributed by atoms with Crippen LogP contribution in [0.15, 0.2) is 27.6 Å². The molecular weight excluding hydrogens is 280 g/mol. The smallest absolute Gasteiger partial charge is 0.242 e. The SMILES string of the molecule is CC(C)NS(=O)(=O)c1ccc(Br)cc1N. The van der Waals surface area contributed by atoms with E-state index in [0.29, 0.717) is 0 Å². The van der Waals surface area contributed by atoms with Gasteiger partial charge in [0.1, 0.15) is 4.90 Å². The van der Waals surface area contributed by atoms with Gasteiger partial charge in [0.05, 0.1) is 5.69 Å². The molecule has 0 atom stereocenters. The lowest BCUT2D eigenvalue weighted by Crippen LogP contribution is -2.30. The van der Waals surface area contributed by atoms with E-state index in [0.717, 1.165) is 4.47 Å². The molecule has 1 aromatic rings. The van der Waals surface area contributed by atoms with Crippen molar-refractivity contribution in [3.8, 4) is 0 Å². The van der Waals surface area contributed by atoms with Gasteiger partial charge in [-0.05, 0) is 32.0 Å². The van der Waals surface area contributed by atoms with E-state index in [9.17, 15) is 8.42 Å². The minimum atomic E-state index is -3.50. The summed E-state index contributed by atoms with van der Waals surface area (Å²) in [5.41, 5.74) is 5.87. The average Bonchev–Trinajstić information content (AvgIpc) is 1.99. The lowest BCUT2D eigenvalue weighted by Gasteiger charge is -2.11. The number of nitrogens with one attached hydrogen (secondary N) is 1. The molecule has 0 amide bonds.